The number of hydrogen-bond acceptors (Lipinski definition) is 3. The maximum Gasteiger partial charge on any atom is 0.261 e. The van der Waals surface area contributed by atoms with Gasteiger partial charge in [0.2, 0.25) is 5.91 Å². The average Bonchev–Trinajstić information content (AvgIpc) is 2.71. The molecule has 2 aromatic carbocycles. The van der Waals surface area contributed by atoms with Gasteiger partial charge in [0.05, 0.1) is 14.5 Å². The standard InChI is InChI=1S/C22H24BrCl3N2O3/c1-13(2)10-27-22(30)14(3)28(11-15-4-6-18(25)19(26)8-15)21(29)12-31-20-7-5-16(24)9-17(20)23/h4-9,13-14H,10-12H2,1-3H3,(H,27,30)/t14-/m0/s1. The predicted octanol–water partition coefficient (Wildman–Crippen LogP) is 5.98. The van der Waals surface area contributed by atoms with Crippen LogP contribution < -0.4 is 10.1 Å². The second-order valence-electron chi connectivity index (χ2n) is 7.45. The van der Waals surface area contributed by atoms with Crippen molar-refractivity contribution in [3.05, 3.63) is 61.5 Å². The van der Waals surface area contributed by atoms with Crippen molar-refractivity contribution in [1.82, 2.24) is 10.2 Å². The molecule has 0 unspecified atom stereocenters. The van der Waals surface area contributed by atoms with Gasteiger partial charge in [-0.05, 0) is 64.7 Å². The molecule has 168 valence electrons. The third kappa shape index (κ3) is 7.86. The van der Waals surface area contributed by atoms with Crippen molar-refractivity contribution in [1.29, 1.82) is 0 Å². The number of carbonyl (C=O) groups is 2. The highest BCUT2D eigenvalue weighted by Crippen LogP contribution is 2.28. The highest BCUT2D eigenvalue weighted by Gasteiger charge is 2.27. The topological polar surface area (TPSA) is 58.6 Å². The lowest BCUT2D eigenvalue weighted by Crippen LogP contribution is -2.49. The van der Waals surface area contributed by atoms with Gasteiger partial charge >= 0.3 is 0 Å². The van der Waals surface area contributed by atoms with Crippen LogP contribution in [0.4, 0.5) is 0 Å². The fourth-order valence-corrected chi connectivity index (χ4v) is 3.80. The molecule has 0 fully saturated rings. The molecule has 5 nitrogen and oxygen atoms in total. The molecule has 2 aromatic rings. The summed E-state index contributed by atoms with van der Waals surface area (Å²) < 4.78 is 6.30. The van der Waals surface area contributed by atoms with Crippen molar-refractivity contribution in [2.45, 2.75) is 33.4 Å². The Morgan fingerprint density at radius 2 is 1.77 bits per heavy atom. The second kappa shape index (κ2) is 12.0. The first-order valence-electron chi connectivity index (χ1n) is 9.67. The molecule has 1 N–H and O–H groups in total. The number of ether oxygens (including phenoxy) is 1. The van der Waals surface area contributed by atoms with E-state index in [1.807, 2.05) is 13.8 Å². The van der Waals surface area contributed by atoms with E-state index in [4.69, 9.17) is 39.5 Å². The van der Waals surface area contributed by atoms with E-state index in [1.54, 1.807) is 43.3 Å². The lowest BCUT2D eigenvalue weighted by molar-refractivity contribution is -0.142. The van der Waals surface area contributed by atoms with Gasteiger partial charge in [-0.25, -0.2) is 0 Å². The minimum Gasteiger partial charge on any atom is -0.483 e. The molecular formula is C22H24BrCl3N2O3. The molecule has 2 amide bonds. The zero-order chi connectivity index (χ0) is 23.1. The molecule has 31 heavy (non-hydrogen) atoms. The number of benzene rings is 2. The molecule has 0 aliphatic heterocycles. The van der Waals surface area contributed by atoms with Crippen LogP contribution in [0.1, 0.15) is 26.3 Å². The second-order valence-corrected chi connectivity index (χ2v) is 9.55. The molecule has 9 heteroatoms. The van der Waals surface area contributed by atoms with E-state index in [1.165, 1.54) is 4.90 Å². The highest BCUT2D eigenvalue weighted by atomic mass is 79.9. The van der Waals surface area contributed by atoms with E-state index in [-0.39, 0.29) is 25.0 Å². The molecule has 2 rings (SSSR count). The Balaban J connectivity index is 2.18. The van der Waals surface area contributed by atoms with Crippen LogP contribution in [0.2, 0.25) is 15.1 Å². The molecular weight excluding hydrogens is 527 g/mol. The summed E-state index contributed by atoms with van der Waals surface area (Å²) in [5.41, 5.74) is 0.749. The fourth-order valence-electron chi connectivity index (χ4n) is 2.68. The minimum atomic E-state index is -0.710. The number of rotatable bonds is 9. The Bertz CT molecular complexity index is 940. The number of hydrogen-bond donors (Lipinski definition) is 1. The van der Waals surface area contributed by atoms with Crippen LogP contribution in [0, 0.1) is 5.92 Å². The summed E-state index contributed by atoms with van der Waals surface area (Å²) >= 11 is 21.4. The SMILES string of the molecule is CC(C)CNC(=O)[C@H](C)N(Cc1ccc(Cl)c(Cl)c1)C(=O)COc1ccc(Cl)cc1Br. The van der Waals surface area contributed by atoms with Crippen molar-refractivity contribution in [2.75, 3.05) is 13.2 Å². The Morgan fingerprint density at radius 1 is 1.06 bits per heavy atom. The zero-order valence-corrected chi connectivity index (χ0v) is 21.3. The van der Waals surface area contributed by atoms with Crippen LogP contribution in [0.3, 0.4) is 0 Å². The van der Waals surface area contributed by atoms with Crippen LogP contribution >= 0.6 is 50.7 Å². The zero-order valence-electron chi connectivity index (χ0n) is 17.4. The molecule has 0 saturated carbocycles. The van der Waals surface area contributed by atoms with E-state index >= 15 is 0 Å². The van der Waals surface area contributed by atoms with Gasteiger partial charge in [0, 0.05) is 18.1 Å². The fraction of sp³-hybridized carbons (Fsp3) is 0.364. The summed E-state index contributed by atoms with van der Waals surface area (Å²) in [6, 6.07) is 9.41. The van der Waals surface area contributed by atoms with Crippen molar-refractivity contribution in [3.63, 3.8) is 0 Å². The number of nitrogens with zero attached hydrogens (tertiary/aromatic N) is 1. The highest BCUT2D eigenvalue weighted by molar-refractivity contribution is 9.10. The van der Waals surface area contributed by atoms with Crippen molar-refractivity contribution in [2.24, 2.45) is 5.92 Å². The smallest absolute Gasteiger partial charge is 0.261 e. The Hall–Kier alpha value is -1.47. The largest absolute Gasteiger partial charge is 0.483 e. The minimum absolute atomic E-state index is 0.178. The summed E-state index contributed by atoms with van der Waals surface area (Å²) in [7, 11) is 0. The number of amides is 2. The van der Waals surface area contributed by atoms with Gasteiger partial charge in [0.25, 0.3) is 5.91 Å². The summed E-state index contributed by atoms with van der Waals surface area (Å²) in [6.45, 7) is 6.14. The summed E-state index contributed by atoms with van der Waals surface area (Å²) in [5, 5.41) is 4.21. The van der Waals surface area contributed by atoms with Gasteiger partial charge in [-0.3, -0.25) is 9.59 Å². The summed E-state index contributed by atoms with van der Waals surface area (Å²) in [6.07, 6.45) is 0. The molecule has 0 aromatic heterocycles. The van der Waals surface area contributed by atoms with E-state index < -0.39 is 6.04 Å². The first-order chi connectivity index (χ1) is 14.6. The number of carbonyl (C=O) groups excluding carboxylic acids is 2. The van der Waals surface area contributed by atoms with Crippen molar-refractivity contribution in [3.8, 4) is 5.75 Å². The van der Waals surface area contributed by atoms with Crippen LogP contribution in [-0.4, -0.2) is 35.9 Å². The summed E-state index contributed by atoms with van der Waals surface area (Å²) in [5.74, 6) is 0.181. The van der Waals surface area contributed by atoms with Gasteiger partial charge in [-0.1, -0.05) is 54.7 Å². The van der Waals surface area contributed by atoms with Gasteiger partial charge in [-0.2, -0.15) is 0 Å². The van der Waals surface area contributed by atoms with Gasteiger partial charge in [0.1, 0.15) is 11.8 Å². The van der Waals surface area contributed by atoms with Crippen LogP contribution in [-0.2, 0) is 16.1 Å². The third-order valence-electron chi connectivity index (χ3n) is 4.43. The van der Waals surface area contributed by atoms with Crippen LogP contribution in [0.15, 0.2) is 40.9 Å². The summed E-state index contributed by atoms with van der Waals surface area (Å²) in [4.78, 5) is 27.2. The number of nitrogens with one attached hydrogen (secondary N) is 1. The predicted molar refractivity (Wildman–Crippen MR) is 129 cm³/mol. The van der Waals surface area contributed by atoms with Gasteiger partial charge in [0.15, 0.2) is 6.61 Å². The van der Waals surface area contributed by atoms with E-state index in [0.717, 1.165) is 5.56 Å². The molecule has 0 radical (unpaired) electrons. The van der Waals surface area contributed by atoms with Gasteiger partial charge < -0.3 is 15.0 Å². The number of halogens is 4. The lowest BCUT2D eigenvalue weighted by Gasteiger charge is -2.29. The quantitative estimate of drug-likeness (QED) is 0.418. The van der Waals surface area contributed by atoms with Crippen molar-refractivity contribution >= 4 is 62.5 Å². The molecule has 0 aliphatic carbocycles. The Labute approximate surface area is 206 Å². The Morgan fingerprint density at radius 3 is 2.39 bits per heavy atom. The molecule has 0 spiro atoms. The average molecular weight is 551 g/mol. The maximum atomic E-state index is 13.1. The molecule has 0 saturated heterocycles. The molecule has 0 aliphatic rings. The van der Waals surface area contributed by atoms with Gasteiger partial charge in [-0.15, -0.1) is 0 Å². The normalized spacial score (nSPS) is 11.9. The van der Waals surface area contributed by atoms with E-state index in [9.17, 15) is 9.59 Å². The Kier molecular flexibility index (Phi) is 9.94. The molecule has 1 atom stereocenters. The monoisotopic (exact) mass is 548 g/mol. The van der Waals surface area contributed by atoms with Crippen LogP contribution in [0.5, 0.6) is 5.75 Å². The molecule has 0 bridgehead atoms. The molecule has 0 heterocycles. The third-order valence-corrected chi connectivity index (χ3v) is 6.03. The first kappa shape index (κ1) is 25.8. The van der Waals surface area contributed by atoms with Crippen LogP contribution in [0.25, 0.3) is 0 Å². The maximum absolute atomic E-state index is 13.1. The lowest BCUT2D eigenvalue weighted by atomic mass is 10.1. The van der Waals surface area contributed by atoms with Crippen molar-refractivity contribution < 1.29 is 14.3 Å². The first-order valence-corrected chi connectivity index (χ1v) is 11.6. The van der Waals surface area contributed by atoms with E-state index in [2.05, 4.69) is 21.2 Å². The van der Waals surface area contributed by atoms with E-state index in [0.29, 0.717) is 37.8 Å².